The van der Waals surface area contributed by atoms with E-state index < -0.39 is 45.0 Å². The van der Waals surface area contributed by atoms with Gasteiger partial charge in [-0.15, -0.1) is 0 Å². The van der Waals surface area contributed by atoms with Gasteiger partial charge in [-0.3, -0.25) is 0 Å². The monoisotopic (exact) mass is 306 g/mol. The lowest BCUT2D eigenvalue weighted by Gasteiger charge is -2.06. The van der Waals surface area contributed by atoms with Crippen molar-refractivity contribution in [3.05, 3.63) is 45.5 Å². The van der Waals surface area contributed by atoms with Crippen LogP contribution in [0.5, 0.6) is 0 Å². The molecule has 0 heterocycles. The molecule has 0 aliphatic carbocycles. The van der Waals surface area contributed by atoms with Crippen LogP contribution in [0.1, 0.15) is 11.1 Å². The smallest absolute Gasteiger partial charge is 0.200 e. The first kappa shape index (κ1) is 14.9. The summed E-state index contributed by atoms with van der Waals surface area (Å²) in [6.07, 6.45) is -5.32. The minimum atomic E-state index is -2.66. The molecule has 0 nitrogen and oxygen atoms in total. The Morgan fingerprint density at radius 1 is 0.667 bits per heavy atom. The Morgan fingerprint density at radius 2 is 0.944 bits per heavy atom. The third kappa shape index (κ3) is 3.00. The van der Waals surface area contributed by atoms with Crippen LogP contribution < -0.4 is 0 Å². The lowest BCUT2D eigenvalue weighted by molar-refractivity contribution is 0.409. The van der Waals surface area contributed by atoms with Crippen LogP contribution in [0.3, 0.4) is 0 Å². The van der Waals surface area contributed by atoms with Gasteiger partial charge < -0.3 is 0 Å². The van der Waals surface area contributed by atoms with Crippen LogP contribution in [0.4, 0.5) is 26.3 Å². The Morgan fingerprint density at radius 3 is 1.17 bits per heavy atom. The summed E-state index contributed by atoms with van der Waals surface area (Å²) in [5.74, 6) is -3.92. The quantitative estimate of drug-likeness (QED) is 0.582. The summed E-state index contributed by atoms with van der Waals surface area (Å²) in [6.45, 7) is 0. The topological polar surface area (TPSA) is 0 Å². The molecule has 0 spiro atoms. The molecule has 0 saturated heterocycles. The number of hydrogen-bond acceptors (Lipinski definition) is 0. The zero-order valence-corrected chi connectivity index (χ0v) is 9.69. The maximum Gasteiger partial charge on any atom is 0.306 e. The van der Waals surface area contributed by atoms with Gasteiger partial charge in [0.05, 0.1) is 10.0 Å². The van der Waals surface area contributed by atoms with Gasteiger partial charge in [-0.2, -0.15) is 17.6 Å². The highest BCUT2D eigenvalue weighted by atomic mass is 35.5. The van der Waals surface area contributed by atoms with Crippen LogP contribution >= 0.6 is 23.2 Å². The second-order valence-electron chi connectivity index (χ2n) is 2.96. The Kier molecular flexibility index (Phi) is 4.70. The molecule has 0 fully saturated rings. The van der Waals surface area contributed by atoms with Crippen LogP contribution in [0.25, 0.3) is 11.7 Å². The van der Waals surface area contributed by atoms with Gasteiger partial charge in [0.25, 0.3) is 0 Å². The van der Waals surface area contributed by atoms with Gasteiger partial charge in [-0.1, -0.05) is 23.2 Å². The number of rotatable bonds is 2. The van der Waals surface area contributed by atoms with Crippen molar-refractivity contribution >= 4 is 34.9 Å². The molecule has 0 atom stereocenters. The fourth-order valence-electron chi connectivity index (χ4n) is 1.09. The van der Waals surface area contributed by atoms with Gasteiger partial charge in [0.15, 0.2) is 11.7 Å². The maximum atomic E-state index is 12.9. The van der Waals surface area contributed by atoms with Gasteiger partial charge >= 0.3 is 12.2 Å². The molecule has 0 unspecified atom stereocenters. The SMILES string of the molecule is FC(F)=C(F)c1cc(Cl)c(C(F)=C(F)F)cc1Cl. The molecule has 0 N–H and O–H groups in total. The predicted octanol–water partition coefficient (Wildman–Crippen LogP) is 6.06. The van der Waals surface area contributed by atoms with Gasteiger partial charge in [-0.05, 0) is 12.1 Å². The van der Waals surface area contributed by atoms with E-state index in [0.717, 1.165) is 0 Å². The van der Waals surface area contributed by atoms with E-state index in [-0.39, 0.29) is 0 Å². The first-order chi connectivity index (χ1) is 8.25. The van der Waals surface area contributed by atoms with Crippen LogP contribution in [0.2, 0.25) is 10.0 Å². The summed E-state index contributed by atoms with van der Waals surface area (Å²) in [5.41, 5.74) is -1.62. The van der Waals surface area contributed by atoms with Crippen LogP contribution in [-0.4, -0.2) is 0 Å². The van der Waals surface area contributed by atoms with E-state index in [1.165, 1.54) is 0 Å². The van der Waals surface area contributed by atoms with E-state index in [0.29, 0.717) is 12.1 Å². The highest BCUT2D eigenvalue weighted by Gasteiger charge is 2.19. The predicted molar refractivity (Wildman–Crippen MR) is 56.9 cm³/mol. The molecule has 0 saturated carbocycles. The molecule has 0 aromatic heterocycles. The molecule has 98 valence electrons. The zero-order chi connectivity index (χ0) is 14.0. The normalized spacial score (nSPS) is 10.2. The molecule has 1 aromatic carbocycles. The molecule has 0 bridgehead atoms. The summed E-state index contributed by atoms with van der Waals surface area (Å²) >= 11 is 10.8. The molecule has 8 heteroatoms. The van der Waals surface area contributed by atoms with Crippen molar-refractivity contribution in [2.75, 3.05) is 0 Å². The van der Waals surface area contributed by atoms with Gasteiger partial charge in [0, 0.05) is 11.1 Å². The molecule has 0 aliphatic rings. The van der Waals surface area contributed by atoms with Gasteiger partial charge in [0.2, 0.25) is 0 Å². The maximum absolute atomic E-state index is 12.9. The molecular weight excluding hydrogens is 305 g/mol. The van der Waals surface area contributed by atoms with Crippen molar-refractivity contribution in [2.24, 2.45) is 0 Å². The number of halogens is 8. The van der Waals surface area contributed by atoms with Crippen molar-refractivity contribution in [1.82, 2.24) is 0 Å². The second kappa shape index (κ2) is 5.67. The Bertz CT molecular complexity index is 492. The van der Waals surface area contributed by atoms with Crippen LogP contribution in [-0.2, 0) is 0 Å². The van der Waals surface area contributed by atoms with E-state index in [1.54, 1.807) is 0 Å². The number of hydrogen-bond donors (Lipinski definition) is 0. The summed E-state index contributed by atoms with van der Waals surface area (Å²) in [5, 5.41) is -1.34. The fourth-order valence-corrected chi connectivity index (χ4v) is 1.58. The van der Waals surface area contributed by atoms with Crippen molar-refractivity contribution in [3.63, 3.8) is 0 Å². The van der Waals surface area contributed by atoms with E-state index in [9.17, 15) is 26.3 Å². The summed E-state index contributed by atoms with van der Waals surface area (Å²) in [7, 11) is 0. The van der Waals surface area contributed by atoms with E-state index in [1.807, 2.05) is 0 Å². The lowest BCUT2D eigenvalue weighted by atomic mass is 10.1. The van der Waals surface area contributed by atoms with E-state index >= 15 is 0 Å². The minimum absolute atomic E-state index is 0.538. The first-order valence-electron chi connectivity index (χ1n) is 4.17. The Labute approximate surface area is 107 Å². The molecule has 18 heavy (non-hydrogen) atoms. The average molecular weight is 307 g/mol. The average Bonchev–Trinajstić information content (AvgIpc) is 2.29. The minimum Gasteiger partial charge on any atom is -0.200 e. The summed E-state index contributed by atoms with van der Waals surface area (Å²) in [4.78, 5) is 0. The molecule has 0 aliphatic heterocycles. The Hall–Kier alpha value is -1.14. The second-order valence-corrected chi connectivity index (χ2v) is 3.78. The first-order valence-corrected chi connectivity index (χ1v) is 4.92. The van der Waals surface area contributed by atoms with Gasteiger partial charge in [-0.25, -0.2) is 8.78 Å². The number of benzene rings is 1. The van der Waals surface area contributed by atoms with Crippen LogP contribution in [0.15, 0.2) is 24.3 Å². The zero-order valence-electron chi connectivity index (χ0n) is 8.18. The van der Waals surface area contributed by atoms with Crippen molar-refractivity contribution in [3.8, 4) is 0 Å². The molecule has 0 amide bonds. The van der Waals surface area contributed by atoms with Crippen molar-refractivity contribution in [2.45, 2.75) is 0 Å². The lowest BCUT2D eigenvalue weighted by Crippen LogP contribution is -1.88. The van der Waals surface area contributed by atoms with Crippen LogP contribution in [0, 0.1) is 0 Å². The highest BCUT2D eigenvalue weighted by molar-refractivity contribution is 6.35. The Balaban J connectivity index is 3.48. The summed E-state index contributed by atoms with van der Waals surface area (Å²) < 4.78 is 73.9. The molecule has 0 radical (unpaired) electrons. The molecule has 1 rings (SSSR count). The van der Waals surface area contributed by atoms with Crippen molar-refractivity contribution in [1.29, 1.82) is 0 Å². The molecule has 1 aromatic rings. The molecular formula is C10H2Cl2F6. The van der Waals surface area contributed by atoms with Gasteiger partial charge in [0.1, 0.15) is 0 Å². The van der Waals surface area contributed by atoms with Crippen molar-refractivity contribution < 1.29 is 26.3 Å². The van der Waals surface area contributed by atoms with E-state index in [2.05, 4.69) is 0 Å². The largest absolute Gasteiger partial charge is 0.306 e. The third-order valence-electron chi connectivity index (χ3n) is 1.86. The highest BCUT2D eigenvalue weighted by Crippen LogP contribution is 2.37. The third-order valence-corrected chi connectivity index (χ3v) is 2.49. The summed E-state index contributed by atoms with van der Waals surface area (Å²) in [6, 6.07) is 1.08. The standard InChI is InChI=1S/C10H2Cl2F6/c11-5-1-3(7(13)9(15)16)6(12)2-4(5)8(14)10(17)18/h1-2H. The van der Waals surface area contributed by atoms with E-state index in [4.69, 9.17) is 23.2 Å². The fraction of sp³-hybridized carbons (Fsp3) is 0.